The van der Waals surface area contributed by atoms with Crippen molar-refractivity contribution in [2.45, 2.75) is 6.04 Å². The minimum atomic E-state index is -1.06. The highest BCUT2D eigenvalue weighted by Crippen LogP contribution is 2.38. The topological polar surface area (TPSA) is 68.1 Å². The summed E-state index contributed by atoms with van der Waals surface area (Å²) < 4.78 is 5.30. The average molecular weight is 381 g/mol. The Balaban J connectivity index is 2.05. The fraction of sp³-hybridized carbons (Fsp3) is 0.318. The second kappa shape index (κ2) is 8.35. The number of carbonyl (C=O) groups is 3. The van der Waals surface area contributed by atoms with E-state index < -0.39 is 23.7 Å². The third-order valence-electron chi connectivity index (χ3n) is 5.03. The van der Waals surface area contributed by atoms with Crippen molar-refractivity contribution < 1.29 is 24.0 Å². The number of rotatable bonds is 7. The Morgan fingerprint density at radius 3 is 2.43 bits per heavy atom. The first-order valence-corrected chi connectivity index (χ1v) is 9.31. The lowest BCUT2D eigenvalue weighted by Crippen LogP contribution is -3.06. The maximum absolute atomic E-state index is 13.2. The number of ether oxygens (including phenoxy) is 1. The Morgan fingerprint density at radius 1 is 1.07 bits per heavy atom. The summed E-state index contributed by atoms with van der Waals surface area (Å²) in [5.41, 5.74) is 1.16. The standard InChI is InChI=1S/C22H24N2O4/c1-23(2)12-13-24-19(16-10-7-11-17(14-16)28-3)18(21(26)22(24)27)20(25)15-8-5-4-6-9-15/h4-11,14,18-19H,12-13H2,1-3H3/p+1. The summed E-state index contributed by atoms with van der Waals surface area (Å²) >= 11 is 0. The minimum Gasteiger partial charge on any atom is -0.497 e. The van der Waals surface area contributed by atoms with Crippen molar-refractivity contribution in [1.82, 2.24) is 4.90 Å². The molecular weight excluding hydrogens is 356 g/mol. The number of benzene rings is 2. The molecule has 3 rings (SSSR count). The third-order valence-corrected chi connectivity index (χ3v) is 5.03. The molecule has 2 aromatic carbocycles. The van der Waals surface area contributed by atoms with E-state index in [1.54, 1.807) is 49.6 Å². The maximum Gasteiger partial charge on any atom is 0.291 e. The van der Waals surface area contributed by atoms with Gasteiger partial charge in [-0.05, 0) is 17.7 Å². The van der Waals surface area contributed by atoms with Crippen LogP contribution in [0.2, 0.25) is 0 Å². The van der Waals surface area contributed by atoms with Crippen molar-refractivity contribution in [3.63, 3.8) is 0 Å². The van der Waals surface area contributed by atoms with E-state index in [1.165, 1.54) is 4.90 Å². The van der Waals surface area contributed by atoms with Gasteiger partial charge in [-0.2, -0.15) is 0 Å². The molecule has 1 amide bonds. The van der Waals surface area contributed by atoms with Gasteiger partial charge in [0.15, 0.2) is 5.78 Å². The number of methoxy groups -OCH3 is 1. The van der Waals surface area contributed by atoms with Gasteiger partial charge in [-0.15, -0.1) is 0 Å². The van der Waals surface area contributed by atoms with Gasteiger partial charge >= 0.3 is 0 Å². The van der Waals surface area contributed by atoms with Crippen molar-refractivity contribution in [2.75, 3.05) is 34.3 Å². The summed E-state index contributed by atoms with van der Waals surface area (Å²) in [4.78, 5) is 41.5. The van der Waals surface area contributed by atoms with Crippen LogP contribution in [0.4, 0.5) is 0 Å². The second-order valence-corrected chi connectivity index (χ2v) is 7.25. The van der Waals surface area contributed by atoms with Crippen LogP contribution in [0.5, 0.6) is 5.75 Å². The fourth-order valence-corrected chi connectivity index (χ4v) is 3.55. The quantitative estimate of drug-likeness (QED) is 0.438. The molecular formula is C22H25N2O4+. The molecule has 6 heteroatoms. The van der Waals surface area contributed by atoms with Crippen LogP contribution >= 0.6 is 0 Å². The van der Waals surface area contributed by atoms with Crippen molar-refractivity contribution in [2.24, 2.45) is 5.92 Å². The predicted molar refractivity (Wildman–Crippen MR) is 104 cm³/mol. The summed E-state index contributed by atoms with van der Waals surface area (Å²) in [7, 11) is 5.52. The summed E-state index contributed by atoms with van der Waals surface area (Å²) in [6.07, 6.45) is 0. The van der Waals surface area contributed by atoms with E-state index in [2.05, 4.69) is 0 Å². The molecule has 146 valence electrons. The van der Waals surface area contributed by atoms with Gasteiger partial charge in [0, 0.05) is 5.56 Å². The Bertz CT molecular complexity index is 879. The van der Waals surface area contributed by atoms with E-state index in [9.17, 15) is 14.4 Å². The van der Waals surface area contributed by atoms with Crippen LogP contribution in [0.1, 0.15) is 22.0 Å². The van der Waals surface area contributed by atoms with Gasteiger partial charge in [-0.1, -0.05) is 42.5 Å². The summed E-state index contributed by atoms with van der Waals surface area (Å²) in [5.74, 6) is -2.00. The number of Topliss-reactive ketones (excluding diaryl/α,β-unsaturated/α-hetero) is 2. The van der Waals surface area contributed by atoms with Crippen molar-refractivity contribution in [3.05, 3.63) is 65.7 Å². The summed E-state index contributed by atoms with van der Waals surface area (Å²) in [6, 6.07) is 15.3. The first-order valence-electron chi connectivity index (χ1n) is 9.31. The number of nitrogens with zero attached hydrogens (tertiary/aromatic N) is 1. The number of hydrogen-bond acceptors (Lipinski definition) is 4. The molecule has 0 spiro atoms. The minimum absolute atomic E-state index is 0.327. The molecule has 0 saturated carbocycles. The number of amides is 1. The van der Waals surface area contributed by atoms with Gasteiger partial charge in [0.1, 0.15) is 11.7 Å². The molecule has 1 heterocycles. The number of quaternary nitrogens is 1. The second-order valence-electron chi connectivity index (χ2n) is 7.25. The van der Waals surface area contributed by atoms with Crippen molar-refractivity contribution in [1.29, 1.82) is 0 Å². The molecule has 28 heavy (non-hydrogen) atoms. The van der Waals surface area contributed by atoms with E-state index >= 15 is 0 Å². The lowest BCUT2D eigenvalue weighted by Gasteiger charge is -2.27. The van der Waals surface area contributed by atoms with E-state index in [1.807, 2.05) is 26.2 Å². The molecule has 1 aliphatic heterocycles. The van der Waals surface area contributed by atoms with Crippen LogP contribution in [0.25, 0.3) is 0 Å². The number of likely N-dealkylation sites (N-methyl/N-ethyl adjacent to an activating group) is 1. The monoisotopic (exact) mass is 381 g/mol. The highest BCUT2D eigenvalue weighted by Gasteiger charge is 2.51. The first-order chi connectivity index (χ1) is 13.4. The lowest BCUT2D eigenvalue weighted by atomic mass is 9.86. The molecule has 0 radical (unpaired) electrons. The van der Waals surface area contributed by atoms with Gasteiger partial charge in [-0.3, -0.25) is 14.4 Å². The number of nitrogens with one attached hydrogen (secondary N) is 1. The van der Waals surface area contributed by atoms with E-state index in [0.29, 0.717) is 24.4 Å². The summed E-state index contributed by atoms with van der Waals surface area (Å²) in [6.45, 7) is 1.07. The number of hydrogen-bond donors (Lipinski definition) is 1. The highest BCUT2D eigenvalue weighted by molar-refractivity contribution is 6.44. The fourth-order valence-electron chi connectivity index (χ4n) is 3.55. The number of likely N-dealkylation sites (tertiary alicyclic amines) is 1. The van der Waals surface area contributed by atoms with Crippen molar-refractivity contribution in [3.8, 4) is 5.75 Å². The SMILES string of the molecule is COc1cccc(C2C(C(=O)c3ccccc3)C(=O)C(=O)N2CC[NH+](C)C)c1. The highest BCUT2D eigenvalue weighted by atomic mass is 16.5. The van der Waals surface area contributed by atoms with E-state index in [-0.39, 0.29) is 5.78 Å². The van der Waals surface area contributed by atoms with Crippen LogP contribution in [0.15, 0.2) is 54.6 Å². The van der Waals surface area contributed by atoms with Crippen LogP contribution < -0.4 is 9.64 Å². The largest absolute Gasteiger partial charge is 0.497 e. The molecule has 2 atom stereocenters. The average Bonchev–Trinajstić information content (AvgIpc) is 2.97. The van der Waals surface area contributed by atoms with Gasteiger partial charge in [-0.25, -0.2) is 0 Å². The third kappa shape index (κ3) is 3.82. The first kappa shape index (κ1) is 19.8. The van der Waals surface area contributed by atoms with Crippen molar-refractivity contribution >= 4 is 17.5 Å². The molecule has 2 aromatic rings. The van der Waals surface area contributed by atoms with Crippen LogP contribution in [0.3, 0.4) is 0 Å². The molecule has 1 fully saturated rings. The molecule has 0 bridgehead atoms. The van der Waals surface area contributed by atoms with Crippen LogP contribution in [-0.2, 0) is 9.59 Å². The molecule has 6 nitrogen and oxygen atoms in total. The lowest BCUT2D eigenvalue weighted by molar-refractivity contribution is -0.857. The Morgan fingerprint density at radius 2 is 1.79 bits per heavy atom. The zero-order valence-corrected chi connectivity index (χ0v) is 16.3. The Kier molecular flexibility index (Phi) is 5.90. The summed E-state index contributed by atoms with van der Waals surface area (Å²) in [5, 5.41) is 0. The van der Waals surface area contributed by atoms with Gasteiger partial charge in [0.05, 0.1) is 40.3 Å². The predicted octanol–water partition coefficient (Wildman–Crippen LogP) is 0.791. The number of carbonyl (C=O) groups excluding carboxylic acids is 3. The normalized spacial score (nSPS) is 19.4. The van der Waals surface area contributed by atoms with Gasteiger partial charge < -0.3 is 14.5 Å². The van der Waals surface area contributed by atoms with Crippen LogP contribution in [0, 0.1) is 5.92 Å². The maximum atomic E-state index is 13.2. The number of ketones is 2. The smallest absolute Gasteiger partial charge is 0.291 e. The van der Waals surface area contributed by atoms with E-state index in [0.717, 1.165) is 10.5 Å². The molecule has 1 aliphatic rings. The zero-order chi connectivity index (χ0) is 20.3. The molecule has 0 aromatic heterocycles. The van der Waals surface area contributed by atoms with Gasteiger partial charge in [0.2, 0.25) is 5.78 Å². The van der Waals surface area contributed by atoms with E-state index in [4.69, 9.17) is 4.74 Å². The molecule has 1 saturated heterocycles. The Labute approximate surface area is 164 Å². The van der Waals surface area contributed by atoms with Gasteiger partial charge in [0.25, 0.3) is 5.91 Å². The molecule has 2 unspecified atom stereocenters. The zero-order valence-electron chi connectivity index (χ0n) is 16.3. The molecule has 0 aliphatic carbocycles. The molecule has 1 N–H and O–H groups in total. The van der Waals surface area contributed by atoms with Crippen LogP contribution in [-0.4, -0.2) is 56.7 Å². The Hall–Kier alpha value is -2.99.